The van der Waals surface area contributed by atoms with E-state index in [1.165, 1.54) is 0 Å². The molecule has 3 aromatic carbocycles. The number of ether oxygens (including phenoxy) is 2. The van der Waals surface area contributed by atoms with Crippen molar-refractivity contribution in [2.75, 3.05) is 39.4 Å². The van der Waals surface area contributed by atoms with Gasteiger partial charge in [0, 0.05) is 31.7 Å². The average molecular weight is 541 g/mol. The molecule has 2 saturated heterocycles. The Morgan fingerprint density at radius 3 is 2.33 bits per heavy atom. The number of Topliss-reactive ketones (excluding diaryl/α,β-unsaturated/α-hetero) is 1. The molecule has 1 atom stereocenters. The second-order valence-corrected chi connectivity index (χ2v) is 10.5. The van der Waals surface area contributed by atoms with E-state index in [1.807, 2.05) is 62.4 Å². The number of nitrogens with zero attached hydrogens (tertiary/aromatic N) is 2. The van der Waals surface area contributed by atoms with E-state index in [1.54, 1.807) is 29.2 Å². The summed E-state index contributed by atoms with van der Waals surface area (Å²) in [6.45, 7) is 8.86. The lowest BCUT2D eigenvalue weighted by molar-refractivity contribution is -0.140. The third-order valence-corrected chi connectivity index (χ3v) is 7.69. The van der Waals surface area contributed by atoms with E-state index in [2.05, 4.69) is 4.90 Å². The Balaban J connectivity index is 1.38. The van der Waals surface area contributed by atoms with Gasteiger partial charge in [0.15, 0.2) is 0 Å². The van der Waals surface area contributed by atoms with Crippen molar-refractivity contribution in [1.82, 2.24) is 9.80 Å². The zero-order valence-corrected chi connectivity index (χ0v) is 23.1. The fourth-order valence-corrected chi connectivity index (χ4v) is 5.29. The van der Waals surface area contributed by atoms with E-state index in [-0.39, 0.29) is 11.3 Å². The van der Waals surface area contributed by atoms with Crippen molar-refractivity contribution in [2.24, 2.45) is 0 Å². The number of benzene rings is 3. The summed E-state index contributed by atoms with van der Waals surface area (Å²) < 4.78 is 11.4. The maximum atomic E-state index is 13.3. The Bertz CT molecular complexity index is 1370. The van der Waals surface area contributed by atoms with Gasteiger partial charge in [0.2, 0.25) is 0 Å². The molecule has 7 heteroatoms. The summed E-state index contributed by atoms with van der Waals surface area (Å²) in [5, 5.41) is 11.4. The third kappa shape index (κ3) is 6.11. The molecule has 0 radical (unpaired) electrons. The molecule has 7 nitrogen and oxygen atoms in total. The van der Waals surface area contributed by atoms with Gasteiger partial charge in [-0.05, 0) is 61.2 Å². The van der Waals surface area contributed by atoms with Crippen LogP contribution in [0.1, 0.15) is 40.3 Å². The van der Waals surface area contributed by atoms with Crippen LogP contribution in [-0.2, 0) is 20.9 Å². The molecule has 2 aliphatic rings. The highest BCUT2D eigenvalue weighted by atomic mass is 16.5. The van der Waals surface area contributed by atoms with E-state index in [9.17, 15) is 14.7 Å². The second kappa shape index (κ2) is 12.5. The molecular weight excluding hydrogens is 504 g/mol. The lowest BCUT2D eigenvalue weighted by Crippen LogP contribution is -2.38. The number of ketones is 1. The molecular formula is C33H36N2O5. The van der Waals surface area contributed by atoms with Crippen molar-refractivity contribution in [3.63, 3.8) is 0 Å². The van der Waals surface area contributed by atoms with Gasteiger partial charge in [0.05, 0.1) is 24.8 Å². The minimum Gasteiger partial charge on any atom is -0.507 e. The number of aryl methyl sites for hydroxylation is 2. The van der Waals surface area contributed by atoms with Crippen LogP contribution in [0.15, 0.2) is 78.4 Å². The van der Waals surface area contributed by atoms with E-state index >= 15 is 0 Å². The van der Waals surface area contributed by atoms with Crippen molar-refractivity contribution in [2.45, 2.75) is 32.9 Å². The van der Waals surface area contributed by atoms with Gasteiger partial charge in [-0.15, -0.1) is 0 Å². The quantitative estimate of drug-likeness (QED) is 0.233. The Kier molecular flexibility index (Phi) is 8.63. The van der Waals surface area contributed by atoms with Crippen LogP contribution < -0.4 is 4.74 Å². The van der Waals surface area contributed by atoms with Crippen molar-refractivity contribution >= 4 is 17.4 Å². The predicted octanol–water partition coefficient (Wildman–Crippen LogP) is 5.03. The van der Waals surface area contributed by atoms with E-state index in [0.29, 0.717) is 37.7 Å². The molecule has 208 valence electrons. The topological polar surface area (TPSA) is 79.3 Å². The van der Waals surface area contributed by atoms with Gasteiger partial charge in [-0.2, -0.15) is 0 Å². The third-order valence-electron chi connectivity index (χ3n) is 7.69. The maximum Gasteiger partial charge on any atom is 0.295 e. The Morgan fingerprint density at radius 2 is 1.62 bits per heavy atom. The molecule has 2 fully saturated rings. The zero-order valence-electron chi connectivity index (χ0n) is 23.1. The highest BCUT2D eigenvalue weighted by Gasteiger charge is 2.45. The number of carbonyl (C=O) groups is 2. The van der Waals surface area contributed by atoms with Crippen LogP contribution in [0, 0.1) is 13.8 Å². The molecule has 1 unspecified atom stereocenters. The molecule has 40 heavy (non-hydrogen) atoms. The van der Waals surface area contributed by atoms with Crippen LogP contribution in [-0.4, -0.2) is 66.0 Å². The minimum absolute atomic E-state index is 0.119. The Hall–Kier alpha value is -3.94. The molecule has 0 aliphatic carbocycles. The summed E-state index contributed by atoms with van der Waals surface area (Å²) in [6, 6.07) is 22.2. The summed E-state index contributed by atoms with van der Waals surface area (Å²) in [4.78, 5) is 30.5. The number of carbonyl (C=O) groups excluding carboxylic acids is 2. The number of morpholine rings is 1. The highest BCUT2D eigenvalue weighted by Crippen LogP contribution is 2.39. The van der Waals surface area contributed by atoms with Crippen LogP contribution in [0.5, 0.6) is 5.75 Å². The number of amides is 1. The van der Waals surface area contributed by atoms with Crippen LogP contribution in [0.4, 0.5) is 0 Å². The number of hydrogen-bond donors (Lipinski definition) is 1. The van der Waals surface area contributed by atoms with E-state index in [4.69, 9.17) is 9.47 Å². The van der Waals surface area contributed by atoms with E-state index in [0.717, 1.165) is 48.3 Å². The lowest BCUT2D eigenvalue weighted by atomic mass is 9.94. The van der Waals surface area contributed by atoms with E-state index < -0.39 is 17.7 Å². The SMILES string of the molecule is Cc1ccc(C2C(=C(O)c3ccc(OCc4ccccc4C)cc3)C(=O)C(=O)N2CCCN2CCOCC2)cc1. The molecule has 2 aliphatic heterocycles. The average Bonchev–Trinajstić information content (AvgIpc) is 3.23. The molecule has 1 N–H and O–H groups in total. The monoisotopic (exact) mass is 540 g/mol. The molecule has 1 amide bonds. The Morgan fingerprint density at radius 1 is 0.925 bits per heavy atom. The zero-order chi connectivity index (χ0) is 28.1. The number of aliphatic hydroxyl groups is 1. The predicted molar refractivity (Wildman–Crippen MR) is 154 cm³/mol. The normalized spacial score (nSPS) is 19.2. The first kappa shape index (κ1) is 27.6. The smallest absolute Gasteiger partial charge is 0.295 e. The fraction of sp³-hybridized carbons (Fsp3) is 0.333. The van der Waals surface area contributed by atoms with Crippen molar-refractivity contribution < 1.29 is 24.2 Å². The van der Waals surface area contributed by atoms with Gasteiger partial charge >= 0.3 is 0 Å². The standard InChI is InChI=1S/C33H36N2O5/c1-23-8-10-25(11-9-23)30-29(32(37)33(38)35(30)17-5-16-34-18-20-39-21-19-34)31(36)26-12-14-28(15-13-26)40-22-27-7-4-3-6-24(27)2/h3-4,6-15,30,36H,5,16-22H2,1-2H3. The van der Waals surface area contributed by atoms with Gasteiger partial charge in [0.25, 0.3) is 11.7 Å². The first-order valence-corrected chi connectivity index (χ1v) is 13.8. The number of rotatable bonds is 9. The van der Waals surface area contributed by atoms with Crippen LogP contribution in [0.3, 0.4) is 0 Å². The molecule has 5 rings (SSSR count). The fourth-order valence-electron chi connectivity index (χ4n) is 5.29. The van der Waals surface area contributed by atoms with Gasteiger partial charge in [-0.25, -0.2) is 0 Å². The van der Waals surface area contributed by atoms with Gasteiger partial charge in [0.1, 0.15) is 18.1 Å². The lowest BCUT2D eigenvalue weighted by Gasteiger charge is -2.29. The minimum atomic E-state index is -0.658. The van der Waals surface area contributed by atoms with Gasteiger partial charge in [-0.3, -0.25) is 14.5 Å². The summed E-state index contributed by atoms with van der Waals surface area (Å²) in [5.41, 5.74) is 4.72. The summed E-state index contributed by atoms with van der Waals surface area (Å²) in [5.74, 6) is -0.759. The summed E-state index contributed by atoms with van der Waals surface area (Å²) in [7, 11) is 0. The highest BCUT2D eigenvalue weighted by molar-refractivity contribution is 6.46. The molecule has 0 aromatic heterocycles. The largest absolute Gasteiger partial charge is 0.507 e. The van der Waals surface area contributed by atoms with Crippen molar-refractivity contribution in [3.8, 4) is 5.75 Å². The maximum absolute atomic E-state index is 13.3. The second-order valence-electron chi connectivity index (χ2n) is 10.5. The van der Waals surface area contributed by atoms with Crippen LogP contribution in [0.25, 0.3) is 5.76 Å². The number of hydrogen-bond acceptors (Lipinski definition) is 6. The van der Waals surface area contributed by atoms with Gasteiger partial charge < -0.3 is 19.5 Å². The molecule has 3 aromatic rings. The van der Waals surface area contributed by atoms with Crippen LogP contribution in [0.2, 0.25) is 0 Å². The Labute approximate surface area is 235 Å². The van der Waals surface area contributed by atoms with Crippen LogP contribution >= 0.6 is 0 Å². The first-order valence-electron chi connectivity index (χ1n) is 13.8. The summed E-state index contributed by atoms with van der Waals surface area (Å²) in [6.07, 6.45) is 0.725. The number of likely N-dealkylation sites (tertiary alicyclic amines) is 1. The summed E-state index contributed by atoms with van der Waals surface area (Å²) >= 11 is 0. The van der Waals surface area contributed by atoms with Gasteiger partial charge in [-0.1, -0.05) is 54.1 Å². The molecule has 0 saturated carbocycles. The molecule has 0 spiro atoms. The van der Waals surface area contributed by atoms with Crippen molar-refractivity contribution in [3.05, 3.63) is 106 Å². The number of aliphatic hydroxyl groups excluding tert-OH is 1. The van der Waals surface area contributed by atoms with Crippen molar-refractivity contribution in [1.29, 1.82) is 0 Å². The molecule has 2 heterocycles. The first-order chi connectivity index (χ1) is 19.4. The molecule has 0 bridgehead atoms.